The summed E-state index contributed by atoms with van der Waals surface area (Å²) in [5.41, 5.74) is 1.44. The number of nitrogens with zero attached hydrogens (tertiary/aromatic N) is 1. The maximum absolute atomic E-state index is 12.8. The average Bonchev–Trinajstić information content (AvgIpc) is 2.73. The summed E-state index contributed by atoms with van der Waals surface area (Å²) in [6, 6.07) is 14.8. The van der Waals surface area contributed by atoms with Crippen LogP contribution in [0, 0.1) is 0 Å². The van der Waals surface area contributed by atoms with Crippen LogP contribution in [0.25, 0.3) is 6.08 Å². The van der Waals surface area contributed by atoms with Gasteiger partial charge < -0.3 is 15.0 Å². The molecule has 3 rings (SSSR count). The number of nitrogens with one attached hydrogen (secondary N) is 1. The van der Waals surface area contributed by atoms with E-state index < -0.39 is 0 Å². The van der Waals surface area contributed by atoms with Gasteiger partial charge >= 0.3 is 0 Å². The van der Waals surface area contributed by atoms with Crippen LogP contribution in [-0.4, -0.2) is 43.0 Å². The highest BCUT2D eigenvalue weighted by molar-refractivity contribution is 6.31. The molecule has 1 heterocycles. The second-order valence-corrected chi connectivity index (χ2v) is 7.10. The Hall–Kier alpha value is -2.79. The maximum atomic E-state index is 12.8. The quantitative estimate of drug-likeness (QED) is 0.779. The van der Waals surface area contributed by atoms with Gasteiger partial charge in [-0.2, -0.15) is 0 Å². The van der Waals surface area contributed by atoms with Crippen molar-refractivity contribution >= 4 is 29.5 Å². The molecule has 0 saturated carbocycles. The number of piperidine rings is 1. The number of likely N-dealkylation sites (tertiary alicyclic amines) is 1. The zero-order valence-corrected chi connectivity index (χ0v) is 16.5. The van der Waals surface area contributed by atoms with E-state index in [1.165, 1.54) is 7.11 Å². The monoisotopic (exact) mass is 398 g/mol. The lowest BCUT2D eigenvalue weighted by atomic mass is 10.0. The number of hydrogen-bond acceptors (Lipinski definition) is 3. The standard InChI is InChI=1S/C22H23ClN2O3/c1-28-20-9-8-17(23)15-19(20)22(27)25-13-11-18(12-14-25)24-21(26)10-7-16-5-3-2-4-6-16/h2-10,15,18H,11-14H2,1H3,(H,24,26)/b10-7+. The number of carbonyl (C=O) groups excluding carboxylic acids is 2. The van der Waals surface area contributed by atoms with Crippen molar-refractivity contribution in [2.75, 3.05) is 20.2 Å². The molecule has 2 amide bonds. The molecule has 1 N–H and O–H groups in total. The van der Waals surface area contributed by atoms with Gasteiger partial charge in [0.25, 0.3) is 5.91 Å². The maximum Gasteiger partial charge on any atom is 0.257 e. The van der Waals surface area contributed by atoms with Gasteiger partial charge in [0.1, 0.15) is 5.75 Å². The normalized spacial score (nSPS) is 14.9. The van der Waals surface area contributed by atoms with Crippen LogP contribution in [0.4, 0.5) is 0 Å². The molecule has 0 atom stereocenters. The number of ether oxygens (including phenoxy) is 1. The summed E-state index contributed by atoms with van der Waals surface area (Å²) in [6.07, 6.45) is 4.75. The van der Waals surface area contributed by atoms with Crippen molar-refractivity contribution in [1.29, 1.82) is 0 Å². The molecule has 0 aliphatic carbocycles. The van der Waals surface area contributed by atoms with Gasteiger partial charge in [-0.3, -0.25) is 9.59 Å². The van der Waals surface area contributed by atoms with E-state index in [0.717, 1.165) is 5.56 Å². The lowest BCUT2D eigenvalue weighted by Gasteiger charge is -2.32. The molecule has 28 heavy (non-hydrogen) atoms. The van der Waals surface area contributed by atoms with Crippen molar-refractivity contribution < 1.29 is 14.3 Å². The third-order valence-corrected chi connectivity index (χ3v) is 4.98. The lowest BCUT2D eigenvalue weighted by molar-refractivity contribution is -0.117. The Morgan fingerprint density at radius 3 is 2.54 bits per heavy atom. The van der Waals surface area contributed by atoms with Gasteiger partial charge in [0, 0.05) is 30.2 Å². The SMILES string of the molecule is COc1ccc(Cl)cc1C(=O)N1CCC(NC(=O)/C=C/c2ccccc2)CC1. The second kappa shape index (κ2) is 9.42. The predicted molar refractivity (Wildman–Crippen MR) is 111 cm³/mol. The first-order chi connectivity index (χ1) is 13.6. The zero-order valence-electron chi connectivity index (χ0n) is 15.7. The zero-order chi connectivity index (χ0) is 19.9. The molecule has 0 radical (unpaired) electrons. The molecule has 1 fully saturated rings. The van der Waals surface area contributed by atoms with Crippen LogP contribution in [0.1, 0.15) is 28.8 Å². The van der Waals surface area contributed by atoms with Crippen LogP contribution in [0.3, 0.4) is 0 Å². The highest BCUT2D eigenvalue weighted by Crippen LogP contribution is 2.25. The number of carbonyl (C=O) groups is 2. The molecule has 1 saturated heterocycles. The van der Waals surface area contributed by atoms with Crippen molar-refractivity contribution in [3.05, 3.63) is 70.8 Å². The van der Waals surface area contributed by atoms with Crippen LogP contribution in [0.2, 0.25) is 5.02 Å². The van der Waals surface area contributed by atoms with Crippen LogP contribution in [-0.2, 0) is 4.79 Å². The Bertz CT molecular complexity index is 859. The highest BCUT2D eigenvalue weighted by atomic mass is 35.5. The Morgan fingerprint density at radius 1 is 1.14 bits per heavy atom. The number of benzene rings is 2. The minimum absolute atomic E-state index is 0.0539. The van der Waals surface area contributed by atoms with Crippen LogP contribution in [0.15, 0.2) is 54.6 Å². The van der Waals surface area contributed by atoms with E-state index in [0.29, 0.717) is 42.3 Å². The van der Waals surface area contributed by atoms with E-state index in [1.54, 1.807) is 35.3 Å². The largest absolute Gasteiger partial charge is 0.496 e. The van der Waals surface area contributed by atoms with Gasteiger partial charge in [0.2, 0.25) is 5.91 Å². The first kappa shape index (κ1) is 20.0. The smallest absolute Gasteiger partial charge is 0.257 e. The highest BCUT2D eigenvalue weighted by Gasteiger charge is 2.26. The van der Waals surface area contributed by atoms with E-state index >= 15 is 0 Å². The van der Waals surface area contributed by atoms with Crippen molar-refractivity contribution in [2.45, 2.75) is 18.9 Å². The molecule has 1 aliphatic heterocycles. The lowest BCUT2D eigenvalue weighted by Crippen LogP contribution is -2.46. The van der Waals surface area contributed by atoms with E-state index in [4.69, 9.17) is 16.3 Å². The molecule has 0 spiro atoms. The third-order valence-electron chi connectivity index (χ3n) is 4.75. The van der Waals surface area contributed by atoms with Crippen molar-refractivity contribution in [3.8, 4) is 5.75 Å². The second-order valence-electron chi connectivity index (χ2n) is 6.66. The summed E-state index contributed by atoms with van der Waals surface area (Å²) in [5.74, 6) is 0.286. The molecule has 0 unspecified atom stereocenters. The first-order valence-corrected chi connectivity index (χ1v) is 9.61. The predicted octanol–water partition coefficient (Wildman–Crippen LogP) is 3.78. The van der Waals surface area contributed by atoms with Gasteiger partial charge in [-0.05, 0) is 42.7 Å². The fraction of sp³-hybridized carbons (Fsp3) is 0.273. The Morgan fingerprint density at radius 2 is 1.86 bits per heavy atom. The molecule has 146 valence electrons. The summed E-state index contributed by atoms with van der Waals surface area (Å²) in [4.78, 5) is 26.7. The van der Waals surface area contributed by atoms with Crippen LogP contribution >= 0.6 is 11.6 Å². The van der Waals surface area contributed by atoms with Crippen molar-refractivity contribution in [3.63, 3.8) is 0 Å². The fourth-order valence-electron chi connectivity index (χ4n) is 3.23. The number of hydrogen-bond donors (Lipinski definition) is 1. The van der Waals surface area contributed by atoms with E-state index in [9.17, 15) is 9.59 Å². The number of methoxy groups -OCH3 is 1. The molecule has 0 bridgehead atoms. The average molecular weight is 399 g/mol. The summed E-state index contributed by atoms with van der Waals surface area (Å²) in [5, 5.41) is 3.51. The molecule has 1 aliphatic rings. The topological polar surface area (TPSA) is 58.6 Å². The summed E-state index contributed by atoms with van der Waals surface area (Å²) < 4.78 is 5.28. The molecule has 2 aromatic carbocycles. The van der Waals surface area contributed by atoms with Gasteiger partial charge in [-0.25, -0.2) is 0 Å². The Kier molecular flexibility index (Phi) is 6.71. The van der Waals surface area contributed by atoms with E-state index in [-0.39, 0.29) is 17.9 Å². The third kappa shape index (κ3) is 5.14. The molecular formula is C22H23ClN2O3. The Balaban J connectivity index is 1.53. The summed E-state index contributed by atoms with van der Waals surface area (Å²) in [6.45, 7) is 1.14. The van der Waals surface area contributed by atoms with E-state index in [1.807, 2.05) is 30.3 Å². The van der Waals surface area contributed by atoms with Gasteiger partial charge in [0.05, 0.1) is 12.7 Å². The molecule has 2 aromatic rings. The van der Waals surface area contributed by atoms with Crippen molar-refractivity contribution in [2.24, 2.45) is 0 Å². The van der Waals surface area contributed by atoms with Crippen molar-refractivity contribution in [1.82, 2.24) is 10.2 Å². The minimum atomic E-state index is -0.120. The van der Waals surface area contributed by atoms with Crippen LogP contribution < -0.4 is 10.1 Å². The number of halogens is 1. The fourth-order valence-corrected chi connectivity index (χ4v) is 3.40. The number of rotatable bonds is 5. The minimum Gasteiger partial charge on any atom is -0.496 e. The van der Waals surface area contributed by atoms with Gasteiger partial charge in [0.15, 0.2) is 0 Å². The Labute approximate surface area is 169 Å². The number of amides is 2. The van der Waals surface area contributed by atoms with E-state index in [2.05, 4.69) is 5.32 Å². The van der Waals surface area contributed by atoms with Crippen LogP contribution in [0.5, 0.6) is 5.75 Å². The molecule has 0 aromatic heterocycles. The van der Waals surface area contributed by atoms with Gasteiger partial charge in [-0.1, -0.05) is 41.9 Å². The summed E-state index contributed by atoms with van der Waals surface area (Å²) >= 11 is 6.03. The molecular weight excluding hydrogens is 376 g/mol. The molecule has 6 heteroatoms. The summed E-state index contributed by atoms with van der Waals surface area (Å²) in [7, 11) is 1.53. The molecule has 5 nitrogen and oxygen atoms in total. The van der Waals surface area contributed by atoms with Gasteiger partial charge in [-0.15, -0.1) is 0 Å². The first-order valence-electron chi connectivity index (χ1n) is 9.23.